The topological polar surface area (TPSA) is 62.7 Å². The van der Waals surface area contributed by atoms with Gasteiger partial charge in [-0.15, -0.1) is 0 Å². The Hall–Kier alpha value is -1.75. The van der Waals surface area contributed by atoms with Crippen molar-refractivity contribution in [1.29, 1.82) is 0 Å². The number of hydrogen-bond acceptors (Lipinski definition) is 3. The van der Waals surface area contributed by atoms with Gasteiger partial charge in [0.2, 0.25) is 0 Å². The molecule has 21 heavy (non-hydrogen) atoms. The summed E-state index contributed by atoms with van der Waals surface area (Å²) in [7, 11) is 1.67. The number of carbonyl (C=O) groups excluding carboxylic acids is 1. The van der Waals surface area contributed by atoms with Crippen molar-refractivity contribution < 1.29 is 9.53 Å². The first-order valence-electron chi connectivity index (χ1n) is 6.90. The number of ether oxygens (including phenoxy) is 1. The summed E-state index contributed by atoms with van der Waals surface area (Å²) in [6, 6.07) is 7.61. The molecule has 0 aromatic heterocycles. The summed E-state index contributed by atoms with van der Waals surface area (Å²) < 4.78 is 5.05. The average molecular weight is 312 g/mol. The van der Waals surface area contributed by atoms with Crippen molar-refractivity contribution in [3.8, 4) is 0 Å². The lowest BCUT2D eigenvalue weighted by Crippen LogP contribution is -2.38. The fourth-order valence-corrected chi connectivity index (χ4v) is 1.85. The zero-order chi connectivity index (χ0) is 15.7. The van der Waals surface area contributed by atoms with Gasteiger partial charge in [-0.05, 0) is 25.5 Å². The van der Waals surface area contributed by atoms with Crippen LogP contribution in [-0.2, 0) is 16.1 Å². The molecule has 0 atom stereocenters. The summed E-state index contributed by atoms with van der Waals surface area (Å²) in [4.78, 5) is 15.5. The molecule has 0 bridgehead atoms. The monoisotopic (exact) mass is 311 g/mol. The normalized spacial score (nSPS) is 11.4. The van der Waals surface area contributed by atoms with Gasteiger partial charge in [-0.2, -0.15) is 0 Å². The molecule has 0 heterocycles. The Morgan fingerprint density at radius 3 is 2.67 bits per heavy atom. The Morgan fingerprint density at radius 1 is 1.33 bits per heavy atom. The van der Waals surface area contributed by atoms with Crippen molar-refractivity contribution in [2.45, 2.75) is 32.9 Å². The molecular weight excluding hydrogens is 290 g/mol. The fraction of sp³-hybridized carbons (Fsp3) is 0.467. The second-order valence-corrected chi connectivity index (χ2v) is 5.14. The van der Waals surface area contributed by atoms with Gasteiger partial charge < -0.3 is 15.4 Å². The minimum Gasteiger partial charge on any atom is -0.463 e. The van der Waals surface area contributed by atoms with E-state index < -0.39 is 0 Å². The highest BCUT2D eigenvalue weighted by molar-refractivity contribution is 6.31. The number of halogens is 1. The van der Waals surface area contributed by atoms with E-state index in [4.69, 9.17) is 16.3 Å². The van der Waals surface area contributed by atoms with Gasteiger partial charge in [0, 0.05) is 25.2 Å². The number of nitrogens with one attached hydrogen (secondary N) is 2. The van der Waals surface area contributed by atoms with Crippen LogP contribution in [0, 0.1) is 0 Å². The van der Waals surface area contributed by atoms with Crippen molar-refractivity contribution in [1.82, 2.24) is 10.6 Å². The molecule has 116 valence electrons. The summed E-state index contributed by atoms with van der Waals surface area (Å²) in [5, 5.41) is 6.91. The summed E-state index contributed by atoms with van der Waals surface area (Å²) in [6.07, 6.45) is 0.209. The number of hydrogen-bond donors (Lipinski definition) is 2. The molecule has 0 saturated heterocycles. The standard InChI is InChI=1S/C15H22ClN3O2/c1-11(2)21-14(20)8-9-18-15(17-3)19-10-12-6-4-5-7-13(12)16/h4-7,11H,8-10H2,1-3H3,(H2,17,18,19). The van der Waals surface area contributed by atoms with E-state index >= 15 is 0 Å². The summed E-state index contributed by atoms with van der Waals surface area (Å²) in [5.74, 6) is 0.395. The van der Waals surface area contributed by atoms with Gasteiger partial charge in [-0.25, -0.2) is 0 Å². The smallest absolute Gasteiger partial charge is 0.307 e. The molecule has 1 aromatic rings. The molecular formula is C15H22ClN3O2. The third-order valence-corrected chi connectivity index (χ3v) is 2.99. The Kier molecular flexibility index (Phi) is 7.61. The van der Waals surface area contributed by atoms with Crippen LogP contribution in [0.15, 0.2) is 29.3 Å². The number of carbonyl (C=O) groups is 1. The van der Waals surface area contributed by atoms with Gasteiger partial charge in [-0.1, -0.05) is 29.8 Å². The molecule has 0 aliphatic rings. The van der Waals surface area contributed by atoms with Crippen LogP contribution >= 0.6 is 11.6 Å². The zero-order valence-corrected chi connectivity index (χ0v) is 13.4. The number of aliphatic imine (C=N–C) groups is 1. The van der Waals surface area contributed by atoms with Crippen molar-refractivity contribution in [3.63, 3.8) is 0 Å². The molecule has 0 radical (unpaired) electrons. The number of benzene rings is 1. The van der Waals surface area contributed by atoms with E-state index in [1.807, 2.05) is 38.1 Å². The number of nitrogens with zero attached hydrogens (tertiary/aromatic N) is 1. The van der Waals surface area contributed by atoms with Gasteiger partial charge >= 0.3 is 5.97 Å². The Labute approximate surface area is 130 Å². The molecule has 0 amide bonds. The van der Waals surface area contributed by atoms with Crippen molar-refractivity contribution in [2.24, 2.45) is 4.99 Å². The van der Waals surface area contributed by atoms with Crippen LogP contribution in [0.3, 0.4) is 0 Å². The highest BCUT2D eigenvalue weighted by atomic mass is 35.5. The Morgan fingerprint density at radius 2 is 2.05 bits per heavy atom. The van der Waals surface area contributed by atoms with Crippen LogP contribution in [0.5, 0.6) is 0 Å². The van der Waals surface area contributed by atoms with Crippen LogP contribution in [0.1, 0.15) is 25.8 Å². The maximum atomic E-state index is 11.4. The third kappa shape index (κ3) is 6.99. The lowest BCUT2D eigenvalue weighted by Gasteiger charge is -2.13. The molecule has 0 saturated carbocycles. The second kappa shape index (κ2) is 9.23. The van der Waals surface area contributed by atoms with Gasteiger partial charge in [0.1, 0.15) is 0 Å². The molecule has 6 heteroatoms. The largest absolute Gasteiger partial charge is 0.463 e. The lowest BCUT2D eigenvalue weighted by atomic mass is 10.2. The number of esters is 1. The van der Waals surface area contributed by atoms with Gasteiger partial charge in [-0.3, -0.25) is 9.79 Å². The molecule has 0 unspecified atom stereocenters. The first-order chi connectivity index (χ1) is 10.0. The number of guanidine groups is 1. The van der Waals surface area contributed by atoms with Gasteiger partial charge in [0.25, 0.3) is 0 Å². The van der Waals surface area contributed by atoms with Crippen LogP contribution < -0.4 is 10.6 Å². The van der Waals surface area contributed by atoms with Crippen LogP contribution in [-0.4, -0.2) is 31.6 Å². The first-order valence-corrected chi connectivity index (χ1v) is 7.28. The molecule has 0 fully saturated rings. The van der Waals surface area contributed by atoms with Crippen molar-refractivity contribution in [2.75, 3.05) is 13.6 Å². The minimum absolute atomic E-state index is 0.0878. The van der Waals surface area contributed by atoms with Crippen LogP contribution in [0.25, 0.3) is 0 Å². The van der Waals surface area contributed by atoms with Crippen LogP contribution in [0.4, 0.5) is 0 Å². The molecule has 2 N–H and O–H groups in total. The lowest BCUT2D eigenvalue weighted by molar-refractivity contribution is -0.147. The molecule has 1 rings (SSSR count). The number of rotatable bonds is 6. The molecule has 0 aliphatic heterocycles. The first kappa shape index (κ1) is 17.3. The van der Waals surface area contributed by atoms with Crippen molar-refractivity contribution in [3.05, 3.63) is 34.9 Å². The van der Waals surface area contributed by atoms with E-state index in [9.17, 15) is 4.79 Å². The van der Waals surface area contributed by atoms with E-state index in [0.29, 0.717) is 30.5 Å². The van der Waals surface area contributed by atoms with E-state index in [1.165, 1.54) is 0 Å². The quantitative estimate of drug-likeness (QED) is 0.481. The highest BCUT2D eigenvalue weighted by Crippen LogP contribution is 2.14. The summed E-state index contributed by atoms with van der Waals surface area (Å²) in [5.41, 5.74) is 0.987. The third-order valence-electron chi connectivity index (χ3n) is 2.62. The summed E-state index contributed by atoms with van der Waals surface area (Å²) in [6.45, 7) is 4.69. The molecule has 5 nitrogen and oxygen atoms in total. The maximum Gasteiger partial charge on any atom is 0.307 e. The molecule has 0 spiro atoms. The van der Waals surface area contributed by atoms with Gasteiger partial charge in [0.05, 0.1) is 12.5 Å². The van der Waals surface area contributed by atoms with E-state index in [2.05, 4.69) is 15.6 Å². The SMILES string of the molecule is CN=C(NCCC(=O)OC(C)C)NCc1ccccc1Cl. The van der Waals surface area contributed by atoms with Crippen LogP contribution in [0.2, 0.25) is 5.02 Å². The predicted molar refractivity (Wildman–Crippen MR) is 85.5 cm³/mol. The maximum absolute atomic E-state index is 11.4. The Bertz CT molecular complexity index is 490. The Balaban J connectivity index is 2.33. The van der Waals surface area contributed by atoms with E-state index in [-0.39, 0.29) is 12.1 Å². The highest BCUT2D eigenvalue weighted by Gasteiger charge is 2.06. The van der Waals surface area contributed by atoms with Gasteiger partial charge in [0.15, 0.2) is 5.96 Å². The van der Waals surface area contributed by atoms with E-state index in [0.717, 1.165) is 5.56 Å². The van der Waals surface area contributed by atoms with E-state index in [1.54, 1.807) is 7.05 Å². The predicted octanol–water partition coefficient (Wildman–Crippen LogP) is 2.35. The minimum atomic E-state index is -0.223. The summed E-state index contributed by atoms with van der Waals surface area (Å²) >= 11 is 6.08. The van der Waals surface area contributed by atoms with Crippen molar-refractivity contribution >= 4 is 23.5 Å². The zero-order valence-electron chi connectivity index (χ0n) is 12.6. The fourth-order valence-electron chi connectivity index (χ4n) is 1.65. The molecule has 1 aromatic carbocycles. The second-order valence-electron chi connectivity index (χ2n) is 4.73. The average Bonchev–Trinajstić information content (AvgIpc) is 2.43. The molecule has 0 aliphatic carbocycles.